The van der Waals surface area contributed by atoms with E-state index in [9.17, 15) is 0 Å². The number of allylic oxidation sites excluding steroid dienone is 2. The van der Waals surface area contributed by atoms with E-state index in [1.165, 1.54) is 18.2 Å². The maximum Gasteiger partial charge on any atom is 0.236 e. The largest absolute Gasteiger partial charge is 0.472 e. The molecule has 2 aromatic carbocycles. The van der Waals surface area contributed by atoms with Crippen LogP contribution >= 0.6 is 27.5 Å². The maximum atomic E-state index is 15.1. The Morgan fingerprint density at radius 1 is 1.37 bits per heavy atom. The summed E-state index contributed by atoms with van der Waals surface area (Å²) in [4.78, 5) is 0. The highest BCUT2D eigenvalue weighted by molar-refractivity contribution is 9.10. The lowest BCUT2D eigenvalue weighted by atomic mass is 10.0. The number of ether oxygens (including phenoxy) is 2. The van der Waals surface area contributed by atoms with E-state index < -0.39 is 5.82 Å². The van der Waals surface area contributed by atoms with Gasteiger partial charge in [0.2, 0.25) is 5.88 Å². The molecular weight excluding hydrogens is 437 g/mol. The van der Waals surface area contributed by atoms with Crippen molar-refractivity contribution in [2.24, 2.45) is 5.11 Å². The molecule has 1 aliphatic rings. The lowest BCUT2D eigenvalue weighted by Gasteiger charge is -2.15. The number of nitrogens with zero attached hydrogens (tertiary/aromatic N) is 2. The van der Waals surface area contributed by atoms with E-state index in [-0.39, 0.29) is 23.8 Å². The van der Waals surface area contributed by atoms with Gasteiger partial charge < -0.3 is 9.47 Å². The Balaban J connectivity index is 1.96. The SMILES string of the molecule is N#Cc1cc(Cl)cc(Oc2c(Br)ccc(CC3=C(N=N)OCC=C3)c2F)c1. The van der Waals surface area contributed by atoms with Crippen LogP contribution in [0.15, 0.2) is 63.5 Å². The van der Waals surface area contributed by atoms with Gasteiger partial charge in [-0.2, -0.15) is 5.26 Å². The lowest BCUT2D eigenvalue weighted by Crippen LogP contribution is -2.04. The second-order valence-corrected chi connectivity index (χ2v) is 6.86. The third-order valence-corrected chi connectivity index (χ3v) is 4.58. The second kappa shape index (κ2) is 8.33. The molecule has 27 heavy (non-hydrogen) atoms. The minimum Gasteiger partial charge on any atom is -0.472 e. The summed E-state index contributed by atoms with van der Waals surface area (Å²) in [5, 5.41) is 12.7. The molecular formula is C19H12BrClFN3O2. The Morgan fingerprint density at radius 3 is 2.93 bits per heavy atom. The van der Waals surface area contributed by atoms with E-state index in [1.807, 2.05) is 6.07 Å². The summed E-state index contributed by atoms with van der Waals surface area (Å²) in [6.07, 6.45) is 3.71. The van der Waals surface area contributed by atoms with Crippen LogP contribution in [0.5, 0.6) is 11.5 Å². The van der Waals surface area contributed by atoms with Crippen LogP contribution in [0.2, 0.25) is 5.02 Å². The van der Waals surface area contributed by atoms with E-state index >= 15 is 4.39 Å². The Bertz CT molecular complexity index is 1010. The Labute approximate surface area is 168 Å². The van der Waals surface area contributed by atoms with Crippen LogP contribution in [0.3, 0.4) is 0 Å². The molecule has 0 radical (unpaired) electrons. The molecule has 0 amide bonds. The number of hydrogen-bond donors (Lipinski definition) is 1. The zero-order valence-corrected chi connectivity index (χ0v) is 16.1. The van der Waals surface area contributed by atoms with Gasteiger partial charge in [0.1, 0.15) is 12.4 Å². The molecule has 5 nitrogen and oxygen atoms in total. The number of nitriles is 1. The van der Waals surface area contributed by atoms with Crippen LogP contribution in [-0.4, -0.2) is 6.61 Å². The van der Waals surface area contributed by atoms with Gasteiger partial charge in [0.05, 0.1) is 16.1 Å². The number of rotatable bonds is 5. The third kappa shape index (κ3) is 4.35. The van der Waals surface area contributed by atoms with Crippen LogP contribution < -0.4 is 4.74 Å². The van der Waals surface area contributed by atoms with Gasteiger partial charge in [-0.25, -0.2) is 9.92 Å². The number of hydrogen-bond acceptors (Lipinski definition) is 5. The molecule has 1 heterocycles. The zero-order valence-electron chi connectivity index (χ0n) is 13.8. The van der Waals surface area contributed by atoms with Gasteiger partial charge in [-0.05, 0) is 51.8 Å². The summed E-state index contributed by atoms with van der Waals surface area (Å²) >= 11 is 9.26. The predicted molar refractivity (Wildman–Crippen MR) is 101 cm³/mol. The fourth-order valence-corrected chi connectivity index (χ4v) is 3.14. The van der Waals surface area contributed by atoms with E-state index in [1.54, 1.807) is 24.3 Å². The minimum absolute atomic E-state index is 0.0238. The first-order valence-corrected chi connectivity index (χ1v) is 8.94. The van der Waals surface area contributed by atoms with Crippen molar-refractivity contribution >= 4 is 27.5 Å². The normalized spacial score (nSPS) is 13.1. The molecule has 3 rings (SSSR count). The molecule has 0 atom stereocenters. The average Bonchev–Trinajstić information content (AvgIpc) is 2.67. The van der Waals surface area contributed by atoms with Crippen molar-refractivity contribution in [2.75, 3.05) is 6.61 Å². The van der Waals surface area contributed by atoms with E-state index in [4.69, 9.17) is 31.9 Å². The number of benzene rings is 2. The molecule has 1 N–H and O–H groups in total. The summed E-state index contributed by atoms with van der Waals surface area (Å²) in [6.45, 7) is 0.328. The summed E-state index contributed by atoms with van der Waals surface area (Å²) in [6, 6.07) is 9.71. The fraction of sp³-hybridized carbons (Fsp3) is 0.105. The molecule has 0 saturated carbocycles. The first kappa shape index (κ1) is 19.1. The topological polar surface area (TPSA) is 78.5 Å². The second-order valence-electron chi connectivity index (χ2n) is 5.57. The molecule has 2 aromatic rings. The van der Waals surface area contributed by atoms with E-state index in [0.717, 1.165) is 0 Å². The monoisotopic (exact) mass is 447 g/mol. The molecule has 136 valence electrons. The van der Waals surface area contributed by atoms with Gasteiger partial charge >= 0.3 is 0 Å². The van der Waals surface area contributed by atoms with Crippen LogP contribution in [0, 0.1) is 22.7 Å². The highest BCUT2D eigenvalue weighted by Crippen LogP contribution is 2.36. The van der Waals surface area contributed by atoms with Crippen molar-refractivity contribution < 1.29 is 13.9 Å². The average molecular weight is 449 g/mol. The van der Waals surface area contributed by atoms with Gasteiger partial charge in [0, 0.05) is 17.0 Å². The molecule has 1 aliphatic heterocycles. The molecule has 0 saturated heterocycles. The summed E-state index contributed by atoms with van der Waals surface area (Å²) in [5.74, 6) is -0.184. The summed E-state index contributed by atoms with van der Waals surface area (Å²) in [5.41, 5.74) is 8.43. The maximum absolute atomic E-state index is 15.1. The van der Waals surface area contributed by atoms with Crippen LogP contribution in [0.25, 0.3) is 0 Å². The van der Waals surface area contributed by atoms with Gasteiger partial charge in [-0.15, -0.1) is 5.11 Å². The molecule has 8 heteroatoms. The molecule has 0 spiro atoms. The van der Waals surface area contributed by atoms with Crippen molar-refractivity contribution in [3.8, 4) is 17.6 Å². The zero-order chi connectivity index (χ0) is 19.4. The first-order chi connectivity index (χ1) is 13.0. The van der Waals surface area contributed by atoms with Crippen molar-refractivity contribution in [1.29, 1.82) is 10.8 Å². The van der Waals surface area contributed by atoms with Crippen LogP contribution in [0.1, 0.15) is 11.1 Å². The highest BCUT2D eigenvalue weighted by atomic mass is 79.9. The van der Waals surface area contributed by atoms with Crippen LogP contribution in [0.4, 0.5) is 4.39 Å². The predicted octanol–water partition coefficient (Wildman–Crippen LogP) is 6.28. The number of nitrogens with one attached hydrogen (secondary N) is 1. The van der Waals surface area contributed by atoms with Gasteiger partial charge in [-0.3, -0.25) is 0 Å². The van der Waals surface area contributed by atoms with Gasteiger partial charge in [-0.1, -0.05) is 23.7 Å². The minimum atomic E-state index is -0.571. The van der Waals surface area contributed by atoms with Gasteiger partial charge in [0.15, 0.2) is 11.6 Å². The molecule has 0 unspecified atom stereocenters. The van der Waals surface area contributed by atoms with Crippen LogP contribution in [-0.2, 0) is 11.2 Å². The lowest BCUT2D eigenvalue weighted by molar-refractivity contribution is 0.231. The third-order valence-electron chi connectivity index (χ3n) is 3.74. The van der Waals surface area contributed by atoms with E-state index in [0.29, 0.717) is 32.8 Å². The van der Waals surface area contributed by atoms with Crippen molar-refractivity contribution in [1.82, 2.24) is 0 Å². The Hall–Kier alpha value is -2.69. The molecule has 0 aromatic heterocycles. The fourth-order valence-electron chi connectivity index (χ4n) is 2.53. The summed E-state index contributed by atoms with van der Waals surface area (Å²) in [7, 11) is 0. The molecule has 0 fully saturated rings. The standard InChI is InChI=1S/C19H12BrClFN3O2/c20-16-4-3-12(8-13-2-1-5-26-19(13)25-24)17(22)18(16)27-15-7-11(10-23)6-14(21)9-15/h1-4,6-7,9,24H,5,8H2. The van der Waals surface area contributed by atoms with E-state index in [2.05, 4.69) is 21.0 Å². The van der Waals surface area contributed by atoms with Gasteiger partial charge in [0.25, 0.3) is 0 Å². The van der Waals surface area contributed by atoms with Crippen molar-refractivity contribution in [3.63, 3.8) is 0 Å². The first-order valence-electron chi connectivity index (χ1n) is 7.77. The highest BCUT2D eigenvalue weighted by Gasteiger charge is 2.18. The molecule has 0 aliphatic carbocycles. The molecule has 0 bridgehead atoms. The Kier molecular flexibility index (Phi) is 5.89. The van der Waals surface area contributed by atoms with Crippen molar-refractivity contribution in [2.45, 2.75) is 6.42 Å². The number of halogens is 3. The van der Waals surface area contributed by atoms with Crippen molar-refractivity contribution in [3.05, 3.63) is 80.4 Å². The quantitative estimate of drug-likeness (QED) is 0.547. The Morgan fingerprint density at radius 2 is 2.19 bits per heavy atom. The summed E-state index contributed by atoms with van der Waals surface area (Å²) < 4.78 is 26.4. The smallest absolute Gasteiger partial charge is 0.236 e.